The van der Waals surface area contributed by atoms with Crippen molar-refractivity contribution in [1.82, 2.24) is 19.9 Å². The zero-order valence-electron chi connectivity index (χ0n) is 28.3. The number of cyclic esters (lactones) is 1. The third-order valence-electron chi connectivity index (χ3n) is 9.12. The lowest BCUT2D eigenvalue weighted by atomic mass is 9.96. The van der Waals surface area contributed by atoms with Crippen LogP contribution in [0.4, 0.5) is 50.3 Å². The topological polar surface area (TPSA) is 118 Å². The van der Waals surface area contributed by atoms with Gasteiger partial charge in [-0.3, -0.25) is 4.90 Å². The molecule has 4 heterocycles. The first kappa shape index (κ1) is 38.1. The predicted molar refractivity (Wildman–Crippen MR) is 172 cm³/mol. The van der Waals surface area contributed by atoms with Gasteiger partial charge < -0.3 is 19.5 Å². The number of carboxylic acid groups (broad SMARTS) is 1. The van der Waals surface area contributed by atoms with E-state index in [4.69, 9.17) is 9.47 Å². The second kappa shape index (κ2) is 13.7. The van der Waals surface area contributed by atoms with Crippen molar-refractivity contribution < 1.29 is 63.7 Å². The molecule has 2 fully saturated rings. The molecule has 286 valence electrons. The Hall–Kier alpha value is -5.62. The van der Waals surface area contributed by atoms with Crippen LogP contribution >= 0.6 is 0 Å². The molecule has 3 aliphatic rings. The summed E-state index contributed by atoms with van der Waals surface area (Å²) in [5, 5.41) is 9.30. The number of pyridine rings is 1. The molecule has 19 heteroatoms. The molecule has 54 heavy (non-hydrogen) atoms. The van der Waals surface area contributed by atoms with Crippen molar-refractivity contribution in [1.29, 1.82) is 0 Å². The lowest BCUT2D eigenvalue weighted by molar-refractivity contribution is -0.143. The first-order chi connectivity index (χ1) is 25.2. The molecule has 3 aromatic rings. The maximum absolute atomic E-state index is 15.8. The van der Waals surface area contributed by atoms with Crippen LogP contribution in [0.3, 0.4) is 0 Å². The number of hydrogen-bond acceptors (Lipinski definition) is 8. The highest BCUT2D eigenvalue weighted by Crippen LogP contribution is 2.43. The molecule has 2 atom stereocenters. The standard InChI is InChI=1S/C35H28F9N5O5/c1-16-6-26(30(50)51)45-11-23(16)21-4-5-22(28(53-3)10-25(21)36)24-12-46-31(48-14-33(37,38)15-48)47-27(24)13-49-17(2)29(54-32(49)52)18-7-19(34(39,40)41)9-20(8-18)35(42,43)44/h5-12,17,29H,4,13-15H2,1-3H3,(H,50,51)/t17-,29-/m0/s1. The molecule has 0 unspecified atom stereocenters. The van der Waals surface area contributed by atoms with E-state index >= 15 is 4.39 Å². The Labute approximate surface area is 300 Å². The summed E-state index contributed by atoms with van der Waals surface area (Å²) in [4.78, 5) is 39.3. The Bertz CT molecular complexity index is 2090. The first-order valence-corrected chi connectivity index (χ1v) is 16.0. The monoisotopic (exact) mass is 769 g/mol. The quantitative estimate of drug-likeness (QED) is 0.227. The number of hydrogen-bond donors (Lipinski definition) is 1. The van der Waals surface area contributed by atoms with Crippen LogP contribution in [0, 0.1) is 6.92 Å². The van der Waals surface area contributed by atoms with Crippen molar-refractivity contribution in [2.24, 2.45) is 0 Å². The molecule has 10 nitrogen and oxygen atoms in total. The van der Waals surface area contributed by atoms with Crippen LogP contribution in [0.1, 0.15) is 69.0 Å². The number of alkyl halides is 8. The molecule has 2 aromatic heterocycles. The number of halogens is 9. The number of allylic oxidation sites excluding steroid dienone is 5. The van der Waals surface area contributed by atoms with Gasteiger partial charge in [0.1, 0.15) is 23.4 Å². The Morgan fingerprint density at radius 3 is 2.20 bits per heavy atom. The van der Waals surface area contributed by atoms with Crippen molar-refractivity contribution in [2.45, 2.75) is 57.2 Å². The van der Waals surface area contributed by atoms with Gasteiger partial charge >= 0.3 is 24.4 Å². The summed E-state index contributed by atoms with van der Waals surface area (Å²) >= 11 is 0. The largest absolute Gasteiger partial charge is 0.496 e. The Morgan fingerprint density at radius 2 is 1.65 bits per heavy atom. The fraction of sp³-hybridized carbons (Fsp3) is 0.343. The molecule has 1 amide bonds. The number of rotatable bonds is 8. The Morgan fingerprint density at radius 1 is 1.02 bits per heavy atom. The molecule has 1 N–H and O–H groups in total. The molecule has 0 radical (unpaired) electrons. The van der Waals surface area contributed by atoms with Crippen LogP contribution in [0.5, 0.6) is 0 Å². The number of amides is 1. The lowest BCUT2D eigenvalue weighted by Crippen LogP contribution is -2.57. The lowest BCUT2D eigenvalue weighted by Gasteiger charge is -2.38. The zero-order valence-corrected chi connectivity index (χ0v) is 28.3. The molecule has 0 bridgehead atoms. The van der Waals surface area contributed by atoms with E-state index in [1.54, 1.807) is 6.92 Å². The van der Waals surface area contributed by atoms with Gasteiger partial charge in [-0.15, -0.1) is 0 Å². The third-order valence-corrected chi connectivity index (χ3v) is 9.12. The molecule has 0 spiro atoms. The van der Waals surface area contributed by atoms with Gasteiger partial charge in [-0.2, -0.15) is 26.3 Å². The average molecular weight is 770 g/mol. The van der Waals surface area contributed by atoms with Crippen LogP contribution in [0.2, 0.25) is 0 Å². The van der Waals surface area contributed by atoms with Crippen LogP contribution in [-0.2, 0) is 28.4 Å². The van der Waals surface area contributed by atoms with Gasteiger partial charge in [-0.05, 0) is 55.7 Å². The third kappa shape index (κ3) is 7.43. The van der Waals surface area contributed by atoms with Crippen LogP contribution in [0.15, 0.2) is 60.4 Å². The Kier molecular flexibility index (Phi) is 9.64. The fourth-order valence-electron chi connectivity index (χ4n) is 6.34. The summed E-state index contributed by atoms with van der Waals surface area (Å²) < 4.78 is 136. The van der Waals surface area contributed by atoms with E-state index in [-0.39, 0.29) is 57.9 Å². The number of benzene rings is 1. The minimum Gasteiger partial charge on any atom is -0.496 e. The number of carboxylic acids is 1. The summed E-state index contributed by atoms with van der Waals surface area (Å²) in [5.41, 5.74) is -2.99. The molecule has 0 saturated carbocycles. The molecule has 2 aliphatic heterocycles. The van der Waals surface area contributed by atoms with Crippen LogP contribution in [-0.4, -0.2) is 69.2 Å². The van der Waals surface area contributed by atoms with Crippen molar-refractivity contribution >= 4 is 29.2 Å². The van der Waals surface area contributed by atoms with E-state index < -0.39 is 84.6 Å². The van der Waals surface area contributed by atoms with E-state index in [0.717, 1.165) is 15.9 Å². The number of carbonyl (C=O) groups excluding carboxylic acids is 1. The number of ether oxygens (including phenoxy) is 2. The van der Waals surface area contributed by atoms with Gasteiger partial charge in [-0.1, -0.05) is 6.08 Å². The summed E-state index contributed by atoms with van der Waals surface area (Å²) in [6.45, 7) is 0.936. The van der Waals surface area contributed by atoms with E-state index in [2.05, 4.69) is 15.0 Å². The van der Waals surface area contributed by atoms with E-state index in [1.165, 1.54) is 38.6 Å². The maximum Gasteiger partial charge on any atom is 0.416 e. The maximum atomic E-state index is 15.8. The summed E-state index contributed by atoms with van der Waals surface area (Å²) in [5.74, 6) is -5.33. The van der Waals surface area contributed by atoms with Crippen molar-refractivity contribution in [3.8, 4) is 0 Å². The van der Waals surface area contributed by atoms with Gasteiger partial charge in [0.15, 0.2) is 0 Å². The minimum atomic E-state index is -5.16. The normalized spacial score (nSPS) is 20.3. The highest BCUT2D eigenvalue weighted by atomic mass is 19.4. The van der Waals surface area contributed by atoms with Gasteiger partial charge in [0.2, 0.25) is 5.95 Å². The average Bonchev–Trinajstić information content (AvgIpc) is 3.24. The summed E-state index contributed by atoms with van der Waals surface area (Å²) in [6, 6.07) is 0.957. The van der Waals surface area contributed by atoms with Crippen LogP contribution < -0.4 is 4.90 Å². The first-order valence-electron chi connectivity index (χ1n) is 16.0. The van der Waals surface area contributed by atoms with E-state index in [0.29, 0.717) is 17.7 Å². The second-order valence-electron chi connectivity index (χ2n) is 12.8. The molecule has 6 rings (SSSR count). The molecule has 2 saturated heterocycles. The van der Waals surface area contributed by atoms with Gasteiger partial charge in [0, 0.05) is 40.7 Å². The van der Waals surface area contributed by atoms with E-state index in [9.17, 15) is 49.8 Å². The molecular formula is C35H28F9N5O5. The second-order valence-corrected chi connectivity index (χ2v) is 12.8. The molecule has 1 aliphatic carbocycles. The SMILES string of the molecule is COC1=CC(F)=C(c2cnc(C(=O)O)cc2C)CC=C1c1cnc(N2CC(F)(F)C2)nc1CN1C(=O)O[C@H](c2cc(C(F)(F)F)cc(C(F)(F)F)c2)[C@@H]1C. The number of nitrogens with zero attached hydrogens (tertiary/aromatic N) is 5. The summed E-state index contributed by atoms with van der Waals surface area (Å²) in [7, 11) is 1.23. The number of carbonyl (C=O) groups is 2. The van der Waals surface area contributed by atoms with Crippen LogP contribution in [0.25, 0.3) is 11.1 Å². The molecular weight excluding hydrogens is 741 g/mol. The number of methoxy groups -OCH3 is 1. The van der Waals surface area contributed by atoms with Crippen molar-refractivity contribution in [2.75, 3.05) is 25.1 Å². The predicted octanol–water partition coefficient (Wildman–Crippen LogP) is 8.15. The molecule has 1 aromatic carbocycles. The van der Waals surface area contributed by atoms with Gasteiger partial charge in [0.05, 0.1) is 49.6 Å². The number of aryl methyl sites for hydroxylation is 1. The highest BCUT2D eigenvalue weighted by molar-refractivity contribution is 5.88. The number of aromatic nitrogens is 3. The Balaban J connectivity index is 1.39. The van der Waals surface area contributed by atoms with E-state index in [1.807, 2.05) is 0 Å². The minimum absolute atomic E-state index is 0.0265. The highest BCUT2D eigenvalue weighted by Gasteiger charge is 2.46. The zero-order chi connectivity index (χ0) is 39.5. The number of anilines is 1. The van der Waals surface area contributed by atoms with Crippen molar-refractivity contribution in [3.63, 3.8) is 0 Å². The van der Waals surface area contributed by atoms with Gasteiger partial charge in [-0.25, -0.2) is 37.7 Å². The summed E-state index contributed by atoms with van der Waals surface area (Å²) in [6.07, 6.45) is -8.17. The fourth-order valence-corrected chi connectivity index (χ4v) is 6.34. The number of aromatic carboxylic acids is 1. The van der Waals surface area contributed by atoms with Crippen molar-refractivity contribution in [3.05, 3.63) is 105 Å². The smallest absolute Gasteiger partial charge is 0.416 e. The van der Waals surface area contributed by atoms with Gasteiger partial charge in [0.25, 0.3) is 5.92 Å².